The molecule has 0 bridgehead atoms. The van der Waals surface area contributed by atoms with Crippen LogP contribution < -0.4 is 4.74 Å². The third-order valence-corrected chi connectivity index (χ3v) is 5.01. The van der Waals surface area contributed by atoms with Crippen molar-refractivity contribution in [1.29, 1.82) is 0 Å². The zero-order valence-corrected chi connectivity index (χ0v) is 19.4. The van der Waals surface area contributed by atoms with E-state index < -0.39 is 18.1 Å². The van der Waals surface area contributed by atoms with Crippen molar-refractivity contribution in [3.8, 4) is 28.4 Å². The van der Waals surface area contributed by atoms with Gasteiger partial charge < -0.3 is 14.4 Å². The number of imidazole rings is 1. The first-order chi connectivity index (χ1) is 14.3. The minimum atomic E-state index is -4.84. The summed E-state index contributed by atoms with van der Waals surface area (Å²) in [5, 5.41) is 10.4. The number of ether oxygens (including phenoxy) is 1. The van der Waals surface area contributed by atoms with Crippen LogP contribution in [0.15, 0.2) is 41.8 Å². The molecule has 2 heterocycles. The van der Waals surface area contributed by atoms with Gasteiger partial charge in [0.05, 0.1) is 0 Å². The summed E-state index contributed by atoms with van der Waals surface area (Å²) in [4.78, 5) is 24.9. The number of hydrogen-bond donors (Lipinski definition) is 1. The Morgan fingerprint density at radius 1 is 1.23 bits per heavy atom. The second kappa shape index (κ2) is 9.19. The summed E-state index contributed by atoms with van der Waals surface area (Å²) >= 11 is 1.34. The van der Waals surface area contributed by atoms with E-state index in [2.05, 4.69) is 19.7 Å². The van der Waals surface area contributed by atoms with E-state index in [0.717, 1.165) is 12.8 Å². The van der Waals surface area contributed by atoms with E-state index in [1.54, 1.807) is 10.6 Å². The number of carboxylic acids is 1. The number of nitrogens with zero attached hydrogens (tertiary/aromatic N) is 4. The van der Waals surface area contributed by atoms with Crippen molar-refractivity contribution in [1.82, 2.24) is 19.5 Å². The molecular weight excluding hydrogens is 444 g/mol. The first-order valence-electron chi connectivity index (χ1n) is 8.85. The second-order valence-electron chi connectivity index (χ2n) is 6.57. The molecule has 0 aliphatic heterocycles. The smallest absolute Gasteiger partial charge is 0.477 e. The zero-order valence-electron chi connectivity index (χ0n) is 16.6. The van der Waals surface area contributed by atoms with Crippen molar-refractivity contribution >= 4 is 47.3 Å². The Bertz CT molecular complexity index is 1100. The monoisotopic (exact) mass is 459 g/mol. The van der Waals surface area contributed by atoms with E-state index >= 15 is 0 Å². The number of carboxylic acid groups (broad SMARTS) is 1. The fraction of sp³-hybridized carbons (Fsp3) is 0.263. The molecule has 31 heavy (non-hydrogen) atoms. The van der Waals surface area contributed by atoms with Gasteiger partial charge in [0, 0.05) is 59.1 Å². The molecule has 0 amide bonds. The number of rotatable bonds is 6. The Morgan fingerprint density at radius 3 is 2.45 bits per heavy atom. The summed E-state index contributed by atoms with van der Waals surface area (Å²) < 4.78 is 43.4. The molecule has 1 radical (unpaired) electrons. The molecule has 4 rings (SSSR count). The Labute approximate surface area is 201 Å². The van der Waals surface area contributed by atoms with Crippen LogP contribution in [0, 0.1) is 0 Å². The van der Waals surface area contributed by atoms with Crippen molar-refractivity contribution in [2.45, 2.75) is 30.4 Å². The minimum absolute atomic E-state index is 0. The van der Waals surface area contributed by atoms with Crippen LogP contribution >= 0.6 is 11.8 Å². The van der Waals surface area contributed by atoms with Gasteiger partial charge in [0.25, 0.3) is 0 Å². The molecule has 1 aliphatic carbocycles. The van der Waals surface area contributed by atoms with Crippen LogP contribution in [-0.4, -0.2) is 72.8 Å². The molecule has 157 valence electrons. The van der Waals surface area contributed by atoms with Crippen molar-refractivity contribution in [2.75, 3.05) is 6.26 Å². The predicted octanol–water partition coefficient (Wildman–Crippen LogP) is 4.28. The number of hydrogen-bond acceptors (Lipinski definition) is 6. The van der Waals surface area contributed by atoms with Crippen molar-refractivity contribution in [2.24, 2.45) is 0 Å². The molecule has 1 aliphatic rings. The number of alkyl halides is 3. The molecule has 0 spiro atoms. The normalized spacial score (nSPS) is 13.5. The summed E-state index contributed by atoms with van der Waals surface area (Å²) in [5.41, 5.74) is 0.849. The number of benzene rings is 1. The summed E-state index contributed by atoms with van der Waals surface area (Å²) in [6, 6.07) is 5.24. The Hall–Kier alpha value is -2.08. The minimum Gasteiger partial charge on any atom is -0.477 e. The van der Waals surface area contributed by atoms with Crippen LogP contribution in [0.1, 0.15) is 29.4 Å². The molecule has 1 saturated carbocycles. The van der Waals surface area contributed by atoms with E-state index in [0.29, 0.717) is 16.3 Å². The third-order valence-electron chi connectivity index (χ3n) is 4.44. The van der Waals surface area contributed by atoms with E-state index in [1.165, 1.54) is 42.4 Å². The average Bonchev–Trinajstić information content (AvgIpc) is 3.45. The number of carbonyl (C=O) groups is 1. The SMILES string of the molecule is CSc1ncc(-c2nc(-c3cccc(OC(F)(F)F)c3)n(C3CC3)c2C(=O)O)cn1.[Na]. The van der Waals surface area contributed by atoms with E-state index in [1.807, 2.05) is 6.26 Å². The van der Waals surface area contributed by atoms with Crippen molar-refractivity contribution < 1.29 is 27.8 Å². The maximum Gasteiger partial charge on any atom is 0.573 e. The van der Waals surface area contributed by atoms with Gasteiger partial charge in [-0.2, -0.15) is 0 Å². The first kappa shape index (κ1) is 23.6. The second-order valence-corrected chi connectivity index (χ2v) is 7.35. The van der Waals surface area contributed by atoms with Gasteiger partial charge in [-0.3, -0.25) is 0 Å². The summed E-state index contributed by atoms with van der Waals surface area (Å²) in [6.07, 6.45) is 1.45. The van der Waals surface area contributed by atoms with E-state index in [-0.39, 0.29) is 52.8 Å². The fourth-order valence-electron chi connectivity index (χ4n) is 3.11. The summed E-state index contributed by atoms with van der Waals surface area (Å²) in [5.74, 6) is -1.34. The third kappa shape index (κ3) is 5.22. The van der Waals surface area contributed by atoms with Gasteiger partial charge in [0.15, 0.2) is 10.9 Å². The van der Waals surface area contributed by atoms with Crippen LogP contribution in [0.4, 0.5) is 13.2 Å². The number of thioether (sulfide) groups is 1. The fourth-order valence-corrected chi connectivity index (χ4v) is 3.42. The maximum absolute atomic E-state index is 12.6. The van der Waals surface area contributed by atoms with Gasteiger partial charge in [0.2, 0.25) is 0 Å². The molecule has 0 unspecified atom stereocenters. The van der Waals surface area contributed by atoms with Gasteiger partial charge in [-0.05, 0) is 31.2 Å². The van der Waals surface area contributed by atoms with Gasteiger partial charge in [0.1, 0.15) is 17.3 Å². The molecule has 0 atom stereocenters. The van der Waals surface area contributed by atoms with Gasteiger partial charge in [-0.1, -0.05) is 23.9 Å². The van der Waals surface area contributed by atoms with Crippen molar-refractivity contribution in [3.63, 3.8) is 0 Å². The molecule has 2 aromatic heterocycles. The first-order valence-corrected chi connectivity index (χ1v) is 10.1. The van der Waals surface area contributed by atoms with Crippen LogP contribution in [0.5, 0.6) is 5.75 Å². The zero-order chi connectivity index (χ0) is 21.5. The van der Waals surface area contributed by atoms with Gasteiger partial charge >= 0.3 is 12.3 Å². The Morgan fingerprint density at radius 2 is 1.90 bits per heavy atom. The van der Waals surface area contributed by atoms with E-state index in [4.69, 9.17) is 0 Å². The molecule has 12 heteroatoms. The van der Waals surface area contributed by atoms with Crippen LogP contribution in [-0.2, 0) is 0 Å². The van der Waals surface area contributed by atoms with Crippen molar-refractivity contribution in [3.05, 3.63) is 42.4 Å². The van der Waals surface area contributed by atoms with E-state index in [9.17, 15) is 23.1 Å². The Kier molecular flexibility index (Phi) is 6.99. The maximum atomic E-state index is 12.6. The van der Waals surface area contributed by atoms with Crippen LogP contribution in [0.25, 0.3) is 22.6 Å². The topological polar surface area (TPSA) is 90.1 Å². The molecule has 3 aromatic rings. The molecular formula is C19H15F3N4NaO3S. The summed E-state index contributed by atoms with van der Waals surface area (Å²) in [6.45, 7) is 0. The van der Waals surface area contributed by atoms with Crippen LogP contribution in [0.3, 0.4) is 0 Å². The number of aromatic carboxylic acids is 1. The Balaban J connectivity index is 0.00000272. The number of halogens is 3. The standard InChI is InChI=1S/C19H15F3N4O3S.Na/c1-30-18-23-8-11(9-24-18)14-15(17(27)28)26(12-5-6-12)16(25-14)10-3-2-4-13(7-10)29-19(20,21)22;/h2-4,7-9,12H,5-6H2,1H3,(H,27,28);. The molecule has 1 N–H and O–H groups in total. The quantitative estimate of drug-likeness (QED) is 0.334. The largest absolute Gasteiger partial charge is 0.573 e. The van der Waals surface area contributed by atoms with Gasteiger partial charge in [-0.25, -0.2) is 19.7 Å². The molecule has 1 fully saturated rings. The average molecular weight is 459 g/mol. The van der Waals surface area contributed by atoms with Gasteiger partial charge in [-0.15, -0.1) is 13.2 Å². The number of aromatic nitrogens is 4. The van der Waals surface area contributed by atoms with Crippen LogP contribution in [0.2, 0.25) is 0 Å². The predicted molar refractivity (Wildman–Crippen MR) is 108 cm³/mol. The molecule has 7 nitrogen and oxygen atoms in total. The molecule has 0 saturated heterocycles. The summed E-state index contributed by atoms with van der Waals surface area (Å²) in [7, 11) is 0. The molecule has 1 aromatic carbocycles.